The first kappa shape index (κ1) is 14.4. The minimum Gasteiger partial charge on any atom is -0.496 e. The van der Waals surface area contributed by atoms with E-state index in [1.807, 2.05) is 24.3 Å². The van der Waals surface area contributed by atoms with Crippen molar-refractivity contribution in [3.8, 4) is 5.75 Å². The molecule has 0 aromatic heterocycles. The number of benzene rings is 2. The number of ether oxygens (including phenoxy) is 1. The molecule has 0 saturated carbocycles. The second-order valence-corrected chi connectivity index (χ2v) is 7.68. The Balaban J connectivity index is 1.86. The zero-order valence-corrected chi connectivity index (χ0v) is 12.8. The minimum atomic E-state index is -2.85. The van der Waals surface area contributed by atoms with E-state index in [0.29, 0.717) is 13.0 Å². The average molecular weight is 305 g/mol. The first-order chi connectivity index (χ1) is 10.1. The van der Waals surface area contributed by atoms with E-state index in [-0.39, 0.29) is 17.5 Å². The summed E-state index contributed by atoms with van der Waals surface area (Å²) in [5.41, 5.74) is 1.08. The Hall–Kier alpha value is -1.59. The predicted octanol–water partition coefficient (Wildman–Crippen LogP) is 2.13. The molecule has 2 aromatic rings. The highest BCUT2D eigenvalue weighted by molar-refractivity contribution is 7.91. The number of hydrogen-bond acceptors (Lipinski definition) is 4. The van der Waals surface area contributed by atoms with E-state index in [1.54, 1.807) is 7.11 Å². The second-order valence-electron chi connectivity index (χ2n) is 5.45. The van der Waals surface area contributed by atoms with Gasteiger partial charge in [0, 0.05) is 18.2 Å². The Morgan fingerprint density at radius 2 is 2.05 bits per heavy atom. The first-order valence-corrected chi connectivity index (χ1v) is 8.89. The molecule has 1 fully saturated rings. The topological polar surface area (TPSA) is 55.4 Å². The first-order valence-electron chi connectivity index (χ1n) is 7.07. The maximum absolute atomic E-state index is 11.5. The van der Waals surface area contributed by atoms with Crippen LogP contribution in [0.2, 0.25) is 0 Å². The van der Waals surface area contributed by atoms with Crippen LogP contribution in [-0.2, 0) is 16.4 Å². The highest BCUT2D eigenvalue weighted by Gasteiger charge is 2.27. The standard InChI is InChI=1S/C16H19NO3S/c1-20-16-7-6-12-4-2-3-5-14(12)15(16)10-17-13-8-9-21(18,19)11-13/h2-7,13,17H,8-11H2,1H3/t13-/m1/s1. The van der Waals surface area contributed by atoms with Gasteiger partial charge in [0.05, 0.1) is 18.6 Å². The summed E-state index contributed by atoms with van der Waals surface area (Å²) in [5, 5.41) is 5.67. The number of sulfone groups is 1. The molecule has 112 valence electrons. The van der Waals surface area contributed by atoms with Crippen molar-refractivity contribution >= 4 is 20.6 Å². The molecular formula is C16H19NO3S. The van der Waals surface area contributed by atoms with E-state index in [2.05, 4.69) is 17.4 Å². The van der Waals surface area contributed by atoms with Crippen LogP contribution in [0.15, 0.2) is 36.4 Å². The van der Waals surface area contributed by atoms with Crippen LogP contribution in [0, 0.1) is 0 Å². The van der Waals surface area contributed by atoms with Gasteiger partial charge in [0.15, 0.2) is 9.84 Å². The van der Waals surface area contributed by atoms with Crippen LogP contribution in [0.4, 0.5) is 0 Å². The van der Waals surface area contributed by atoms with Gasteiger partial charge in [0.1, 0.15) is 5.75 Å². The smallest absolute Gasteiger partial charge is 0.151 e. The third kappa shape index (κ3) is 3.04. The second kappa shape index (κ2) is 5.66. The Morgan fingerprint density at radius 1 is 1.24 bits per heavy atom. The molecule has 0 aliphatic carbocycles. The molecule has 0 unspecified atom stereocenters. The van der Waals surface area contributed by atoms with Crippen LogP contribution in [-0.4, -0.2) is 33.1 Å². The molecule has 21 heavy (non-hydrogen) atoms. The largest absolute Gasteiger partial charge is 0.496 e. The number of nitrogens with one attached hydrogen (secondary N) is 1. The molecule has 1 atom stereocenters. The van der Waals surface area contributed by atoms with Crippen LogP contribution in [0.3, 0.4) is 0 Å². The average Bonchev–Trinajstić information content (AvgIpc) is 2.84. The predicted molar refractivity (Wildman–Crippen MR) is 84.4 cm³/mol. The highest BCUT2D eigenvalue weighted by atomic mass is 32.2. The maximum Gasteiger partial charge on any atom is 0.151 e. The van der Waals surface area contributed by atoms with Crippen LogP contribution in [0.25, 0.3) is 10.8 Å². The lowest BCUT2D eigenvalue weighted by Crippen LogP contribution is -2.29. The number of methoxy groups -OCH3 is 1. The molecule has 0 spiro atoms. The number of rotatable bonds is 4. The van der Waals surface area contributed by atoms with Gasteiger partial charge in [-0.25, -0.2) is 8.42 Å². The van der Waals surface area contributed by atoms with Crippen LogP contribution >= 0.6 is 0 Å². The van der Waals surface area contributed by atoms with E-state index in [4.69, 9.17) is 4.74 Å². The molecular weight excluding hydrogens is 286 g/mol. The van der Waals surface area contributed by atoms with Crippen LogP contribution in [0.5, 0.6) is 5.75 Å². The normalized spacial score (nSPS) is 20.7. The Morgan fingerprint density at radius 3 is 2.76 bits per heavy atom. The minimum absolute atomic E-state index is 0.0404. The summed E-state index contributed by atoms with van der Waals surface area (Å²) in [6, 6.07) is 12.2. The van der Waals surface area contributed by atoms with Gasteiger partial charge in [-0.2, -0.15) is 0 Å². The van der Waals surface area contributed by atoms with Crippen molar-refractivity contribution in [3.63, 3.8) is 0 Å². The van der Waals surface area contributed by atoms with Crippen molar-refractivity contribution in [2.75, 3.05) is 18.6 Å². The van der Waals surface area contributed by atoms with Crippen molar-refractivity contribution in [2.45, 2.75) is 19.0 Å². The van der Waals surface area contributed by atoms with E-state index in [0.717, 1.165) is 22.1 Å². The summed E-state index contributed by atoms with van der Waals surface area (Å²) >= 11 is 0. The van der Waals surface area contributed by atoms with Gasteiger partial charge in [0.25, 0.3) is 0 Å². The molecule has 0 amide bonds. The number of fused-ring (bicyclic) bond motifs is 1. The van der Waals surface area contributed by atoms with Gasteiger partial charge in [-0.1, -0.05) is 30.3 Å². The third-order valence-corrected chi connectivity index (χ3v) is 5.79. The molecule has 5 heteroatoms. The molecule has 1 aliphatic heterocycles. The van der Waals surface area contributed by atoms with Gasteiger partial charge in [-0.05, 0) is 23.3 Å². The van der Waals surface area contributed by atoms with Gasteiger partial charge in [-0.3, -0.25) is 0 Å². The van der Waals surface area contributed by atoms with Gasteiger partial charge >= 0.3 is 0 Å². The summed E-state index contributed by atoms with van der Waals surface area (Å²) in [4.78, 5) is 0. The van der Waals surface area contributed by atoms with Crippen molar-refractivity contribution in [2.24, 2.45) is 0 Å². The lowest BCUT2D eigenvalue weighted by atomic mass is 10.0. The van der Waals surface area contributed by atoms with Gasteiger partial charge in [-0.15, -0.1) is 0 Å². The van der Waals surface area contributed by atoms with Crippen molar-refractivity contribution < 1.29 is 13.2 Å². The molecule has 2 aromatic carbocycles. The van der Waals surface area contributed by atoms with Crippen molar-refractivity contribution in [1.82, 2.24) is 5.32 Å². The zero-order valence-electron chi connectivity index (χ0n) is 12.0. The van der Waals surface area contributed by atoms with E-state index >= 15 is 0 Å². The SMILES string of the molecule is COc1ccc2ccccc2c1CN[C@@H]1CCS(=O)(=O)C1. The molecule has 1 heterocycles. The summed E-state index contributed by atoms with van der Waals surface area (Å²) in [6.07, 6.45) is 0.690. The lowest BCUT2D eigenvalue weighted by Gasteiger charge is -2.15. The van der Waals surface area contributed by atoms with Crippen LogP contribution in [0.1, 0.15) is 12.0 Å². The summed E-state index contributed by atoms with van der Waals surface area (Å²) in [5.74, 6) is 1.36. The maximum atomic E-state index is 11.5. The van der Waals surface area contributed by atoms with Crippen LogP contribution < -0.4 is 10.1 Å². The highest BCUT2D eigenvalue weighted by Crippen LogP contribution is 2.28. The molecule has 3 rings (SSSR count). The monoisotopic (exact) mass is 305 g/mol. The van der Waals surface area contributed by atoms with E-state index in [9.17, 15) is 8.42 Å². The summed E-state index contributed by atoms with van der Waals surface area (Å²) < 4.78 is 28.5. The Kier molecular flexibility index (Phi) is 3.87. The molecule has 1 saturated heterocycles. The Bertz CT molecular complexity index is 755. The number of hydrogen-bond donors (Lipinski definition) is 1. The molecule has 0 radical (unpaired) electrons. The van der Waals surface area contributed by atoms with E-state index < -0.39 is 9.84 Å². The quantitative estimate of drug-likeness (QED) is 0.940. The van der Waals surface area contributed by atoms with Gasteiger partial charge < -0.3 is 10.1 Å². The fraction of sp³-hybridized carbons (Fsp3) is 0.375. The molecule has 1 N–H and O–H groups in total. The van der Waals surface area contributed by atoms with Crippen molar-refractivity contribution in [1.29, 1.82) is 0 Å². The van der Waals surface area contributed by atoms with Gasteiger partial charge in [0.2, 0.25) is 0 Å². The van der Waals surface area contributed by atoms with E-state index in [1.165, 1.54) is 0 Å². The zero-order chi connectivity index (χ0) is 14.9. The summed E-state index contributed by atoms with van der Waals surface area (Å²) in [6.45, 7) is 0.616. The summed E-state index contributed by atoms with van der Waals surface area (Å²) in [7, 11) is -1.19. The third-order valence-electron chi connectivity index (χ3n) is 4.02. The molecule has 0 bridgehead atoms. The molecule has 4 nitrogen and oxygen atoms in total. The fourth-order valence-corrected chi connectivity index (χ4v) is 4.60. The molecule has 1 aliphatic rings. The van der Waals surface area contributed by atoms with Crippen molar-refractivity contribution in [3.05, 3.63) is 42.0 Å². The lowest BCUT2D eigenvalue weighted by molar-refractivity contribution is 0.407. The fourth-order valence-electron chi connectivity index (χ4n) is 2.89. The Labute approximate surface area is 125 Å².